The Hall–Kier alpha value is -3.06. The van der Waals surface area contributed by atoms with Gasteiger partial charge in [-0.05, 0) is 78.4 Å². The van der Waals surface area contributed by atoms with Gasteiger partial charge in [0.05, 0.1) is 11.7 Å². The van der Waals surface area contributed by atoms with Crippen LogP contribution in [-0.4, -0.2) is 28.8 Å². The lowest BCUT2D eigenvalue weighted by atomic mass is 9.88. The quantitative estimate of drug-likeness (QED) is 0.391. The number of nitrogens with two attached hydrogens (primary N) is 1. The molecule has 6 nitrogen and oxygen atoms in total. The fraction of sp³-hybridized carbons (Fsp3) is 0.240. The van der Waals surface area contributed by atoms with Crippen LogP contribution in [0.1, 0.15) is 39.6 Å². The highest BCUT2D eigenvalue weighted by atomic mass is 35.5. The van der Waals surface area contributed by atoms with Gasteiger partial charge in [0.15, 0.2) is 0 Å². The second-order valence-corrected chi connectivity index (χ2v) is 8.44. The summed E-state index contributed by atoms with van der Waals surface area (Å²) in [5.41, 5.74) is 9.22. The predicted octanol–water partition coefficient (Wildman–Crippen LogP) is 4.59. The molecule has 7 heteroatoms. The Morgan fingerprint density at radius 2 is 1.81 bits per heavy atom. The Kier molecular flexibility index (Phi) is 6.65. The van der Waals surface area contributed by atoms with Gasteiger partial charge in [0.25, 0.3) is 0 Å². The number of anilines is 1. The molecule has 4 rings (SSSR count). The molecule has 166 valence electrons. The molecule has 0 bridgehead atoms. The molecule has 2 atom stereocenters. The fourth-order valence-corrected chi connectivity index (χ4v) is 4.10. The summed E-state index contributed by atoms with van der Waals surface area (Å²) < 4.78 is 5.90. The van der Waals surface area contributed by atoms with E-state index in [0.29, 0.717) is 23.1 Å². The molecule has 0 heterocycles. The van der Waals surface area contributed by atoms with E-state index >= 15 is 0 Å². The third kappa shape index (κ3) is 5.22. The zero-order valence-corrected chi connectivity index (χ0v) is 18.2. The molecule has 0 unspecified atom stereocenters. The number of carboxylic acid groups (broad SMARTS) is 1. The zero-order valence-electron chi connectivity index (χ0n) is 17.4. The topological polar surface area (TPSA) is 105 Å². The summed E-state index contributed by atoms with van der Waals surface area (Å²) in [7, 11) is 0. The molecule has 0 saturated heterocycles. The summed E-state index contributed by atoms with van der Waals surface area (Å²) in [5, 5.41) is 23.8. The van der Waals surface area contributed by atoms with Gasteiger partial charge in [-0.25, -0.2) is 4.79 Å². The standard InChI is InChI=1S/C25H25ClN2O4/c26-18-5-1-16(2-6-18)24(29)14-28-19-7-3-15-4-8-20(12-17(15)11-19)32-21-9-10-23(27)22(13-21)25(30)31/h1-2,4-6,8-10,12-13,19,24,28-29H,3,7,11,14,27H2,(H,30,31)/t19-,24-/m0/s1. The second-order valence-electron chi connectivity index (χ2n) is 8.00. The number of rotatable bonds is 7. The van der Waals surface area contributed by atoms with Crippen LogP contribution in [0.5, 0.6) is 11.5 Å². The average molecular weight is 453 g/mol. The SMILES string of the molecule is Nc1ccc(Oc2ccc3c(c2)C[C@@H](NC[C@H](O)c2ccc(Cl)cc2)CC3)cc1C(=O)O. The maximum atomic E-state index is 11.3. The second kappa shape index (κ2) is 9.61. The third-order valence-electron chi connectivity index (χ3n) is 5.75. The minimum Gasteiger partial charge on any atom is -0.478 e. The number of carbonyl (C=O) groups is 1. The van der Waals surface area contributed by atoms with Crippen LogP contribution >= 0.6 is 11.6 Å². The summed E-state index contributed by atoms with van der Waals surface area (Å²) in [6, 6.07) is 18.0. The highest BCUT2D eigenvalue weighted by molar-refractivity contribution is 6.30. The number of carboxylic acids is 1. The summed E-state index contributed by atoms with van der Waals surface area (Å²) in [6.07, 6.45) is 2.15. The lowest BCUT2D eigenvalue weighted by Gasteiger charge is -2.27. The Balaban J connectivity index is 1.40. The molecule has 0 radical (unpaired) electrons. The minimum atomic E-state index is -1.09. The van der Waals surface area contributed by atoms with E-state index in [1.807, 2.05) is 24.3 Å². The monoisotopic (exact) mass is 452 g/mol. The molecule has 5 N–H and O–H groups in total. The van der Waals surface area contributed by atoms with E-state index in [0.717, 1.165) is 24.8 Å². The van der Waals surface area contributed by atoms with Gasteiger partial charge >= 0.3 is 5.97 Å². The van der Waals surface area contributed by atoms with Crippen LogP contribution in [0.2, 0.25) is 5.02 Å². The summed E-state index contributed by atoms with van der Waals surface area (Å²) in [4.78, 5) is 11.3. The number of hydrogen-bond donors (Lipinski definition) is 4. The smallest absolute Gasteiger partial charge is 0.337 e. The van der Waals surface area contributed by atoms with Gasteiger partial charge in [0.1, 0.15) is 11.5 Å². The molecule has 1 aliphatic carbocycles. The van der Waals surface area contributed by atoms with E-state index in [-0.39, 0.29) is 17.3 Å². The lowest BCUT2D eigenvalue weighted by Crippen LogP contribution is -2.37. The lowest BCUT2D eigenvalue weighted by molar-refractivity contribution is 0.0697. The molecular formula is C25H25ClN2O4. The first-order valence-corrected chi connectivity index (χ1v) is 10.9. The number of hydrogen-bond acceptors (Lipinski definition) is 5. The minimum absolute atomic E-state index is 0.0176. The first kappa shape index (κ1) is 22.1. The van der Waals surface area contributed by atoms with Crippen LogP contribution in [0.15, 0.2) is 60.7 Å². The van der Waals surface area contributed by atoms with E-state index in [1.165, 1.54) is 23.3 Å². The summed E-state index contributed by atoms with van der Waals surface area (Å²) in [6.45, 7) is 0.460. The number of aromatic carboxylic acids is 1. The van der Waals surface area contributed by atoms with Gasteiger partial charge in [0.2, 0.25) is 0 Å². The summed E-state index contributed by atoms with van der Waals surface area (Å²) in [5.74, 6) is -0.0204. The van der Waals surface area contributed by atoms with Crippen molar-refractivity contribution in [3.63, 3.8) is 0 Å². The molecular weight excluding hydrogens is 428 g/mol. The van der Waals surface area contributed by atoms with Crippen LogP contribution in [0.25, 0.3) is 0 Å². The fourth-order valence-electron chi connectivity index (χ4n) is 3.97. The normalized spacial score (nSPS) is 16.2. The van der Waals surface area contributed by atoms with E-state index in [9.17, 15) is 15.0 Å². The highest BCUT2D eigenvalue weighted by Gasteiger charge is 2.20. The van der Waals surface area contributed by atoms with Gasteiger partial charge in [0, 0.05) is 23.3 Å². The zero-order chi connectivity index (χ0) is 22.7. The van der Waals surface area contributed by atoms with Crippen molar-refractivity contribution in [3.8, 4) is 11.5 Å². The van der Waals surface area contributed by atoms with Crippen molar-refractivity contribution in [1.82, 2.24) is 5.32 Å². The van der Waals surface area contributed by atoms with Crippen molar-refractivity contribution in [2.75, 3.05) is 12.3 Å². The van der Waals surface area contributed by atoms with Crippen molar-refractivity contribution in [1.29, 1.82) is 0 Å². The van der Waals surface area contributed by atoms with Crippen LogP contribution < -0.4 is 15.8 Å². The van der Waals surface area contributed by atoms with Gasteiger partial charge in [-0.2, -0.15) is 0 Å². The van der Waals surface area contributed by atoms with Crippen LogP contribution in [0.4, 0.5) is 5.69 Å². The number of ether oxygens (including phenoxy) is 1. The van der Waals surface area contributed by atoms with Crippen LogP contribution in [-0.2, 0) is 12.8 Å². The molecule has 0 aliphatic heterocycles. The number of nitrogen functional groups attached to an aromatic ring is 1. The van der Waals surface area contributed by atoms with E-state index in [2.05, 4.69) is 11.4 Å². The molecule has 0 aromatic heterocycles. The van der Waals surface area contributed by atoms with Gasteiger partial charge in [-0.3, -0.25) is 0 Å². The molecule has 1 aliphatic rings. The van der Waals surface area contributed by atoms with Crippen molar-refractivity contribution >= 4 is 23.3 Å². The number of fused-ring (bicyclic) bond motifs is 1. The van der Waals surface area contributed by atoms with E-state index in [1.54, 1.807) is 18.2 Å². The van der Waals surface area contributed by atoms with E-state index in [4.69, 9.17) is 22.1 Å². The number of halogens is 1. The van der Waals surface area contributed by atoms with Crippen molar-refractivity contribution in [2.45, 2.75) is 31.4 Å². The van der Waals surface area contributed by atoms with Crippen molar-refractivity contribution < 1.29 is 19.7 Å². The average Bonchev–Trinajstić information content (AvgIpc) is 2.78. The number of aliphatic hydroxyl groups is 1. The predicted molar refractivity (Wildman–Crippen MR) is 125 cm³/mol. The Morgan fingerprint density at radius 1 is 1.09 bits per heavy atom. The maximum Gasteiger partial charge on any atom is 0.337 e. The first-order chi connectivity index (χ1) is 15.4. The Morgan fingerprint density at radius 3 is 2.56 bits per heavy atom. The third-order valence-corrected chi connectivity index (χ3v) is 6.00. The van der Waals surface area contributed by atoms with Gasteiger partial charge in [-0.15, -0.1) is 0 Å². The highest BCUT2D eigenvalue weighted by Crippen LogP contribution is 2.30. The van der Waals surface area contributed by atoms with Crippen LogP contribution in [0.3, 0.4) is 0 Å². The maximum absolute atomic E-state index is 11.3. The van der Waals surface area contributed by atoms with Crippen molar-refractivity contribution in [2.24, 2.45) is 0 Å². The van der Waals surface area contributed by atoms with Gasteiger partial charge in [-0.1, -0.05) is 29.8 Å². The summed E-state index contributed by atoms with van der Waals surface area (Å²) >= 11 is 5.92. The number of aliphatic hydroxyl groups excluding tert-OH is 1. The molecule has 32 heavy (non-hydrogen) atoms. The molecule has 3 aromatic rings. The first-order valence-electron chi connectivity index (χ1n) is 10.5. The number of aryl methyl sites for hydroxylation is 1. The Bertz CT molecular complexity index is 1120. The van der Waals surface area contributed by atoms with E-state index < -0.39 is 12.1 Å². The van der Waals surface area contributed by atoms with Crippen molar-refractivity contribution in [3.05, 3.63) is 87.9 Å². The molecule has 0 fully saturated rings. The number of nitrogens with one attached hydrogen (secondary N) is 1. The molecule has 0 saturated carbocycles. The Labute approximate surface area is 191 Å². The largest absolute Gasteiger partial charge is 0.478 e. The molecule has 0 amide bonds. The van der Waals surface area contributed by atoms with Gasteiger partial charge < -0.3 is 26.0 Å². The molecule has 3 aromatic carbocycles. The molecule has 0 spiro atoms. The van der Waals surface area contributed by atoms with Crippen LogP contribution in [0, 0.1) is 0 Å². The number of benzene rings is 3.